The van der Waals surface area contributed by atoms with Crippen LogP contribution < -0.4 is 4.74 Å². The van der Waals surface area contributed by atoms with Crippen LogP contribution >= 0.6 is 11.6 Å². The molecule has 0 N–H and O–H groups in total. The minimum Gasteiger partial charge on any atom is -0.487 e. The minimum absolute atomic E-state index is 0.218. The summed E-state index contributed by atoms with van der Waals surface area (Å²) >= 11 is 6.26. The predicted octanol–water partition coefficient (Wildman–Crippen LogP) is 4.48. The monoisotopic (exact) mass is 225 g/mol. The molecule has 0 aliphatic carbocycles. The van der Waals surface area contributed by atoms with Gasteiger partial charge in [-0.3, -0.25) is 0 Å². The Bertz CT molecular complexity index is 337. The Morgan fingerprint density at radius 1 is 1.20 bits per heavy atom. The fourth-order valence-corrected chi connectivity index (χ4v) is 1.66. The Morgan fingerprint density at radius 3 is 2.27 bits per heavy atom. The smallest absolute Gasteiger partial charge is 0.138 e. The van der Waals surface area contributed by atoms with Crippen LogP contribution in [0.25, 0.3) is 0 Å². The molecular weight excluding hydrogens is 208 g/mol. The number of ether oxygens (including phenoxy) is 1. The average molecular weight is 226 g/mol. The van der Waals surface area contributed by atoms with Crippen molar-refractivity contribution in [2.24, 2.45) is 0 Å². The second kappa shape index (κ2) is 4.44. The van der Waals surface area contributed by atoms with E-state index >= 15 is 0 Å². The van der Waals surface area contributed by atoms with Crippen LogP contribution in [0.15, 0.2) is 18.2 Å². The molecular formula is C13H18ClO. The van der Waals surface area contributed by atoms with E-state index in [9.17, 15) is 0 Å². The van der Waals surface area contributed by atoms with Gasteiger partial charge in [0.25, 0.3) is 0 Å². The maximum atomic E-state index is 6.26. The molecule has 0 saturated carbocycles. The summed E-state index contributed by atoms with van der Waals surface area (Å²) in [6.45, 7) is 10.1. The second-order valence-corrected chi connectivity index (χ2v) is 5.21. The SMILES string of the molecule is C[C](C)c1cccc(OC(C)(C)C)c1Cl. The van der Waals surface area contributed by atoms with Crippen molar-refractivity contribution < 1.29 is 4.74 Å². The van der Waals surface area contributed by atoms with Gasteiger partial charge in [0, 0.05) is 5.92 Å². The van der Waals surface area contributed by atoms with Crippen LogP contribution in [-0.2, 0) is 0 Å². The van der Waals surface area contributed by atoms with E-state index < -0.39 is 0 Å². The molecule has 0 atom stereocenters. The van der Waals surface area contributed by atoms with Crippen molar-refractivity contribution in [2.45, 2.75) is 40.2 Å². The summed E-state index contributed by atoms with van der Waals surface area (Å²) in [5, 5.41) is 0.701. The average Bonchev–Trinajstić information content (AvgIpc) is 2.05. The van der Waals surface area contributed by atoms with Crippen LogP contribution in [0.3, 0.4) is 0 Å². The van der Waals surface area contributed by atoms with E-state index in [-0.39, 0.29) is 5.60 Å². The number of halogens is 1. The van der Waals surface area contributed by atoms with E-state index in [1.54, 1.807) is 0 Å². The first-order chi connectivity index (χ1) is 6.81. The van der Waals surface area contributed by atoms with Gasteiger partial charge in [0.2, 0.25) is 0 Å². The van der Waals surface area contributed by atoms with E-state index in [0.717, 1.165) is 11.3 Å². The Hall–Kier alpha value is -0.690. The van der Waals surface area contributed by atoms with Gasteiger partial charge in [0.05, 0.1) is 5.02 Å². The molecule has 0 saturated heterocycles. The molecule has 0 aliphatic heterocycles. The van der Waals surface area contributed by atoms with Crippen LogP contribution in [0.2, 0.25) is 5.02 Å². The molecule has 1 radical (unpaired) electrons. The molecule has 1 nitrogen and oxygen atoms in total. The van der Waals surface area contributed by atoms with Crippen LogP contribution in [0.5, 0.6) is 5.75 Å². The van der Waals surface area contributed by atoms with Gasteiger partial charge in [-0.15, -0.1) is 0 Å². The lowest BCUT2D eigenvalue weighted by molar-refractivity contribution is 0.131. The number of rotatable bonds is 2. The van der Waals surface area contributed by atoms with Gasteiger partial charge < -0.3 is 4.74 Å². The first kappa shape index (κ1) is 12.4. The summed E-state index contributed by atoms with van der Waals surface area (Å²) in [4.78, 5) is 0. The quantitative estimate of drug-likeness (QED) is 0.721. The highest BCUT2D eigenvalue weighted by Crippen LogP contribution is 2.33. The van der Waals surface area contributed by atoms with E-state index in [4.69, 9.17) is 16.3 Å². The summed E-state index contributed by atoms with van der Waals surface area (Å²) in [5.41, 5.74) is 0.836. The third-order valence-corrected chi connectivity index (χ3v) is 2.31. The topological polar surface area (TPSA) is 9.23 Å². The lowest BCUT2D eigenvalue weighted by Gasteiger charge is -2.23. The standard InChI is InChI=1S/C13H18ClO/c1-9(2)10-7-6-8-11(12(10)14)15-13(3,4)5/h6-8H,1-5H3. The zero-order valence-corrected chi connectivity index (χ0v) is 10.8. The van der Waals surface area contributed by atoms with Crippen molar-refractivity contribution in [3.05, 3.63) is 34.7 Å². The molecule has 1 aromatic carbocycles. The highest BCUT2D eigenvalue weighted by atomic mass is 35.5. The molecule has 0 heterocycles. The maximum absolute atomic E-state index is 6.26. The van der Waals surface area contributed by atoms with Gasteiger partial charge >= 0.3 is 0 Å². The Balaban J connectivity index is 3.05. The molecule has 0 spiro atoms. The molecule has 2 heteroatoms. The Kier molecular flexibility index (Phi) is 3.67. The summed E-state index contributed by atoms with van der Waals surface area (Å²) < 4.78 is 5.78. The van der Waals surface area contributed by atoms with Gasteiger partial charge in [-0.05, 0) is 32.4 Å². The molecule has 0 bridgehead atoms. The third kappa shape index (κ3) is 3.42. The van der Waals surface area contributed by atoms with Gasteiger partial charge in [0.15, 0.2) is 0 Å². The van der Waals surface area contributed by atoms with Crippen molar-refractivity contribution in [2.75, 3.05) is 0 Å². The summed E-state index contributed by atoms with van der Waals surface area (Å²) in [5.74, 6) is 1.95. The van der Waals surface area contributed by atoms with Gasteiger partial charge in [-0.1, -0.05) is 37.6 Å². The molecule has 0 aromatic heterocycles. The number of hydrogen-bond acceptors (Lipinski definition) is 1. The largest absolute Gasteiger partial charge is 0.487 e. The highest BCUT2D eigenvalue weighted by molar-refractivity contribution is 6.33. The lowest BCUT2D eigenvalue weighted by Crippen LogP contribution is -2.23. The van der Waals surface area contributed by atoms with E-state index in [1.165, 1.54) is 5.92 Å². The van der Waals surface area contributed by atoms with Crippen molar-refractivity contribution in [3.63, 3.8) is 0 Å². The minimum atomic E-state index is -0.218. The van der Waals surface area contributed by atoms with E-state index in [1.807, 2.05) is 52.8 Å². The zero-order chi connectivity index (χ0) is 11.6. The molecule has 1 aromatic rings. The van der Waals surface area contributed by atoms with Crippen LogP contribution in [0.4, 0.5) is 0 Å². The summed E-state index contributed by atoms with van der Waals surface area (Å²) in [6.07, 6.45) is 0. The first-order valence-electron chi connectivity index (χ1n) is 5.09. The fourth-order valence-electron chi connectivity index (χ4n) is 1.31. The van der Waals surface area contributed by atoms with Crippen molar-refractivity contribution >= 4 is 11.6 Å². The number of benzene rings is 1. The summed E-state index contributed by atoms with van der Waals surface area (Å²) in [6, 6.07) is 5.88. The van der Waals surface area contributed by atoms with E-state index in [2.05, 4.69) is 0 Å². The van der Waals surface area contributed by atoms with Crippen molar-refractivity contribution in [1.29, 1.82) is 0 Å². The summed E-state index contributed by atoms with van der Waals surface area (Å²) in [7, 11) is 0. The second-order valence-electron chi connectivity index (χ2n) is 4.83. The van der Waals surface area contributed by atoms with Crippen molar-refractivity contribution in [3.8, 4) is 5.75 Å². The highest BCUT2D eigenvalue weighted by Gasteiger charge is 2.16. The van der Waals surface area contributed by atoms with Gasteiger partial charge in [-0.25, -0.2) is 0 Å². The molecule has 0 unspecified atom stereocenters. The fraction of sp³-hybridized carbons (Fsp3) is 0.462. The van der Waals surface area contributed by atoms with Crippen molar-refractivity contribution in [1.82, 2.24) is 0 Å². The van der Waals surface area contributed by atoms with Crippen LogP contribution in [0, 0.1) is 5.92 Å². The maximum Gasteiger partial charge on any atom is 0.138 e. The normalized spacial score (nSPS) is 11.9. The molecule has 15 heavy (non-hydrogen) atoms. The number of hydrogen-bond donors (Lipinski definition) is 0. The van der Waals surface area contributed by atoms with Gasteiger partial charge in [-0.2, -0.15) is 0 Å². The van der Waals surface area contributed by atoms with E-state index in [0.29, 0.717) is 5.02 Å². The zero-order valence-electron chi connectivity index (χ0n) is 10.0. The molecule has 0 aliphatic rings. The molecule has 1 rings (SSSR count). The van der Waals surface area contributed by atoms with Crippen LogP contribution in [0.1, 0.15) is 40.2 Å². The molecule has 83 valence electrons. The first-order valence-corrected chi connectivity index (χ1v) is 5.47. The Labute approximate surface area is 97.4 Å². The lowest BCUT2D eigenvalue weighted by atomic mass is 10.0. The molecule has 0 amide bonds. The predicted molar refractivity (Wildman–Crippen MR) is 65.5 cm³/mol. The van der Waals surface area contributed by atoms with Gasteiger partial charge in [0.1, 0.15) is 11.4 Å². The molecule has 0 fully saturated rings. The Morgan fingerprint density at radius 2 is 1.80 bits per heavy atom. The third-order valence-electron chi connectivity index (χ3n) is 1.92. The van der Waals surface area contributed by atoms with Crippen LogP contribution in [-0.4, -0.2) is 5.60 Å².